The molecule has 1 saturated carbocycles. The van der Waals surface area contributed by atoms with E-state index in [1.165, 1.54) is 0 Å². The predicted molar refractivity (Wildman–Crippen MR) is 85.0 cm³/mol. The molecule has 1 aliphatic carbocycles. The first-order chi connectivity index (χ1) is 10.5. The molecule has 116 valence electrons. The van der Waals surface area contributed by atoms with Crippen LogP contribution in [0.3, 0.4) is 0 Å². The topological polar surface area (TPSA) is 49.4 Å². The van der Waals surface area contributed by atoms with Gasteiger partial charge in [-0.15, -0.1) is 12.2 Å². The van der Waals surface area contributed by atoms with Crippen LogP contribution in [0, 0.1) is 6.92 Å². The Balaban J connectivity index is 1.79. The third kappa shape index (κ3) is 2.51. The van der Waals surface area contributed by atoms with Crippen LogP contribution in [0.15, 0.2) is 48.5 Å². The van der Waals surface area contributed by atoms with Crippen LogP contribution in [0.5, 0.6) is 0 Å². The second-order valence-corrected chi connectivity index (χ2v) is 6.38. The monoisotopic (exact) mass is 295 g/mol. The highest BCUT2D eigenvalue weighted by molar-refractivity contribution is 5.48. The van der Waals surface area contributed by atoms with Gasteiger partial charge in [0, 0.05) is 19.8 Å². The van der Waals surface area contributed by atoms with Crippen molar-refractivity contribution in [2.75, 3.05) is 19.0 Å². The molecule has 2 aromatic rings. The maximum atomic E-state index is 12.5. The van der Waals surface area contributed by atoms with E-state index in [4.69, 9.17) is 0 Å². The Labute approximate surface area is 131 Å². The van der Waals surface area contributed by atoms with Crippen LogP contribution in [0.25, 0.3) is 0 Å². The van der Waals surface area contributed by atoms with E-state index in [0.29, 0.717) is 0 Å². The summed E-state index contributed by atoms with van der Waals surface area (Å²) in [4.78, 5) is 2.00. The van der Waals surface area contributed by atoms with Crippen LogP contribution in [-0.2, 0) is 0 Å². The molecule has 3 nitrogen and oxygen atoms in total. The molecule has 1 fully saturated rings. The SMILES string of the molecule is Cc1ccc(C2C([O-])C(c3ccc(N(C)C)cc3)C2[O-])cc1. The van der Waals surface area contributed by atoms with Gasteiger partial charge in [-0.2, -0.15) is 0 Å². The van der Waals surface area contributed by atoms with E-state index in [0.717, 1.165) is 22.4 Å². The molecule has 0 N–H and O–H groups in total. The second kappa shape index (κ2) is 5.75. The molecule has 0 radical (unpaired) electrons. The highest BCUT2D eigenvalue weighted by Gasteiger charge is 2.38. The van der Waals surface area contributed by atoms with Gasteiger partial charge in [-0.05, 0) is 42.0 Å². The summed E-state index contributed by atoms with van der Waals surface area (Å²) in [5.74, 6) is -0.846. The molecule has 0 heterocycles. The lowest BCUT2D eigenvalue weighted by atomic mass is 9.63. The summed E-state index contributed by atoms with van der Waals surface area (Å²) in [6.07, 6.45) is -1.70. The lowest BCUT2D eigenvalue weighted by Gasteiger charge is -2.61. The number of nitrogens with zero attached hydrogens (tertiary/aromatic N) is 1. The number of anilines is 1. The predicted octanol–water partition coefficient (Wildman–Crippen LogP) is 1.40. The van der Waals surface area contributed by atoms with Gasteiger partial charge in [0.05, 0.1) is 0 Å². The van der Waals surface area contributed by atoms with Crippen LogP contribution >= 0.6 is 0 Å². The largest absolute Gasteiger partial charge is 0.851 e. The lowest BCUT2D eigenvalue weighted by Crippen LogP contribution is -2.63. The van der Waals surface area contributed by atoms with E-state index in [1.807, 2.05) is 74.4 Å². The van der Waals surface area contributed by atoms with Gasteiger partial charge in [-0.3, -0.25) is 0 Å². The summed E-state index contributed by atoms with van der Waals surface area (Å²) in [7, 11) is 3.94. The molecule has 3 heteroatoms. The minimum atomic E-state index is -0.851. The molecule has 2 atom stereocenters. The van der Waals surface area contributed by atoms with E-state index < -0.39 is 24.0 Å². The average Bonchev–Trinajstić information content (AvgIpc) is 2.50. The first kappa shape index (κ1) is 15.1. The molecule has 0 spiro atoms. The van der Waals surface area contributed by atoms with E-state index in [9.17, 15) is 10.2 Å². The highest BCUT2D eigenvalue weighted by Crippen LogP contribution is 2.45. The molecule has 2 aromatic carbocycles. The zero-order valence-electron chi connectivity index (χ0n) is 13.2. The van der Waals surface area contributed by atoms with Crippen molar-refractivity contribution < 1.29 is 10.2 Å². The Bertz CT molecular complexity index is 623. The Kier molecular flexibility index (Phi) is 3.94. The van der Waals surface area contributed by atoms with Crippen molar-refractivity contribution in [1.29, 1.82) is 0 Å². The Morgan fingerprint density at radius 3 is 1.55 bits per heavy atom. The number of rotatable bonds is 3. The Morgan fingerprint density at radius 1 is 0.727 bits per heavy atom. The number of hydrogen-bond acceptors (Lipinski definition) is 3. The molecule has 0 aliphatic heterocycles. The molecule has 2 unspecified atom stereocenters. The molecule has 0 saturated heterocycles. The summed E-state index contributed by atoms with van der Waals surface area (Å²) in [6, 6.07) is 15.5. The van der Waals surface area contributed by atoms with E-state index in [-0.39, 0.29) is 0 Å². The normalized spacial score (nSPS) is 27.3. The smallest absolute Gasteiger partial charge is 0.0361 e. The fourth-order valence-corrected chi connectivity index (χ4v) is 3.22. The minimum absolute atomic E-state index is 0.417. The maximum Gasteiger partial charge on any atom is 0.0361 e. The van der Waals surface area contributed by atoms with Gasteiger partial charge in [-0.1, -0.05) is 42.0 Å². The molecular weight excluding hydrogens is 274 g/mol. The van der Waals surface area contributed by atoms with Crippen LogP contribution < -0.4 is 15.1 Å². The van der Waals surface area contributed by atoms with Gasteiger partial charge < -0.3 is 15.1 Å². The van der Waals surface area contributed by atoms with Gasteiger partial charge in [-0.25, -0.2) is 0 Å². The Morgan fingerprint density at radius 2 is 1.14 bits per heavy atom. The maximum absolute atomic E-state index is 12.5. The van der Waals surface area contributed by atoms with Crippen LogP contribution in [0.4, 0.5) is 5.69 Å². The minimum Gasteiger partial charge on any atom is -0.851 e. The van der Waals surface area contributed by atoms with E-state index in [1.54, 1.807) is 0 Å². The quantitative estimate of drug-likeness (QED) is 0.860. The molecule has 0 aromatic heterocycles. The molecule has 3 rings (SSSR count). The fourth-order valence-electron chi connectivity index (χ4n) is 3.22. The third-order valence-electron chi connectivity index (χ3n) is 4.67. The molecule has 0 amide bonds. The summed E-state index contributed by atoms with van der Waals surface area (Å²) < 4.78 is 0. The number of benzene rings is 2. The van der Waals surface area contributed by atoms with Crippen LogP contribution in [0.2, 0.25) is 0 Å². The van der Waals surface area contributed by atoms with Gasteiger partial charge >= 0.3 is 0 Å². The summed E-state index contributed by atoms with van der Waals surface area (Å²) in [5.41, 5.74) is 3.97. The van der Waals surface area contributed by atoms with Crippen LogP contribution in [-0.4, -0.2) is 26.3 Å². The molecular formula is C19H21NO2-2. The fraction of sp³-hybridized carbons (Fsp3) is 0.368. The second-order valence-electron chi connectivity index (χ2n) is 6.38. The molecule has 0 bridgehead atoms. The highest BCUT2D eigenvalue weighted by atomic mass is 16.3. The molecule has 1 aliphatic rings. The van der Waals surface area contributed by atoms with Crippen molar-refractivity contribution in [2.45, 2.75) is 31.0 Å². The van der Waals surface area contributed by atoms with Gasteiger partial charge in [0.2, 0.25) is 0 Å². The molecule has 22 heavy (non-hydrogen) atoms. The zero-order chi connectivity index (χ0) is 15.9. The van der Waals surface area contributed by atoms with Crippen molar-refractivity contribution in [1.82, 2.24) is 0 Å². The van der Waals surface area contributed by atoms with Crippen molar-refractivity contribution >= 4 is 5.69 Å². The Hall–Kier alpha value is -1.84. The van der Waals surface area contributed by atoms with Gasteiger partial charge in [0.15, 0.2) is 0 Å². The summed E-state index contributed by atoms with van der Waals surface area (Å²) >= 11 is 0. The number of hydrogen-bond donors (Lipinski definition) is 0. The zero-order valence-corrected chi connectivity index (χ0v) is 13.2. The number of aryl methyl sites for hydroxylation is 1. The standard InChI is InChI=1S/C19H21NO2/c1-12-4-6-13(7-5-12)16-18(21)17(19(16)22)14-8-10-15(11-9-14)20(2)3/h4-11,16-19H,1-3H3/q-2. The average molecular weight is 295 g/mol. The van der Waals surface area contributed by atoms with E-state index in [2.05, 4.69) is 0 Å². The first-order valence-corrected chi connectivity index (χ1v) is 7.64. The first-order valence-electron chi connectivity index (χ1n) is 7.64. The summed E-state index contributed by atoms with van der Waals surface area (Å²) in [6.45, 7) is 2.00. The van der Waals surface area contributed by atoms with Gasteiger partial charge in [0.1, 0.15) is 0 Å². The lowest BCUT2D eigenvalue weighted by molar-refractivity contribution is -0.536. The van der Waals surface area contributed by atoms with Gasteiger partial charge in [0.25, 0.3) is 0 Å². The van der Waals surface area contributed by atoms with Crippen molar-refractivity contribution in [3.63, 3.8) is 0 Å². The van der Waals surface area contributed by atoms with Crippen LogP contribution in [0.1, 0.15) is 28.5 Å². The van der Waals surface area contributed by atoms with E-state index >= 15 is 0 Å². The summed E-state index contributed by atoms with van der Waals surface area (Å²) in [5, 5.41) is 25.1. The van der Waals surface area contributed by atoms with Crippen molar-refractivity contribution in [3.8, 4) is 0 Å². The third-order valence-corrected chi connectivity index (χ3v) is 4.67. The van der Waals surface area contributed by atoms with Crippen molar-refractivity contribution in [3.05, 3.63) is 65.2 Å². The van der Waals surface area contributed by atoms with Crippen molar-refractivity contribution in [2.24, 2.45) is 0 Å².